The lowest BCUT2D eigenvalue weighted by molar-refractivity contribution is 0.291. The highest BCUT2D eigenvalue weighted by Crippen LogP contribution is 2.15. The van der Waals surface area contributed by atoms with Gasteiger partial charge in [0.15, 0.2) is 0 Å². The van der Waals surface area contributed by atoms with Gasteiger partial charge < -0.3 is 10.5 Å². The summed E-state index contributed by atoms with van der Waals surface area (Å²) >= 11 is 0. The molecule has 14 heavy (non-hydrogen) atoms. The van der Waals surface area contributed by atoms with Crippen molar-refractivity contribution in [2.75, 3.05) is 6.61 Å². The van der Waals surface area contributed by atoms with Crippen LogP contribution in [0.5, 0.6) is 0 Å². The van der Waals surface area contributed by atoms with Crippen molar-refractivity contribution in [3.63, 3.8) is 0 Å². The zero-order valence-corrected chi connectivity index (χ0v) is 9.03. The van der Waals surface area contributed by atoms with Crippen LogP contribution < -0.4 is 5.73 Å². The van der Waals surface area contributed by atoms with Crippen molar-refractivity contribution in [1.82, 2.24) is 0 Å². The molecule has 0 bridgehead atoms. The van der Waals surface area contributed by atoms with Gasteiger partial charge in [-0.15, -0.1) is 0 Å². The van der Waals surface area contributed by atoms with Crippen molar-refractivity contribution in [1.29, 1.82) is 0 Å². The van der Waals surface area contributed by atoms with Gasteiger partial charge >= 0.3 is 0 Å². The van der Waals surface area contributed by atoms with Crippen LogP contribution in [0.2, 0.25) is 0 Å². The Balaban J connectivity index is 2.67. The van der Waals surface area contributed by atoms with E-state index in [9.17, 15) is 0 Å². The summed E-state index contributed by atoms with van der Waals surface area (Å²) < 4.78 is 5.41. The fourth-order valence-electron chi connectivity index (χ4n) is 1.16. The second kappa shape index (κ2) is 4.84. The molecule has 1 aliphatic rings. The van der Waals surface area contributed by atoms with E-state index in [1.807, 2.05) is 25.2 Å². The Morgan fingerprint density at radius 2 is 2.36 bits per heavy atom. The van der Waals surface area contributed by atoms with Crippen molar-refractivity contribution in [3.05, 3.63) is 23.9 Å². The molecule has 3 nitrogen and oxygen atoms in total. The molecule has 1 rings (SSSR count). The van der Waals surface area contributed by atoms with E-state index < -0.39 is 0 Å². The molecule has 0 saturated heterocycles. The van der Waals surface area contributed by atoms with Crippen molar-refractivity contribution >= 4 is 5.90 Å². The van der Waals surface area contributed by atoms with Gasteiger partial charge in [-0.3, -0.25) is 0 Å². The lowest BCUT2D eigenvalue weighted by Gasteiger charge is -2.06. The summed E-state index contributed by atoms with van der Waals surface area (Å²) in [6, 6.07) is 0.252. The van der Waals surface area contributed by atoms with Gasteiger partial charge in [0.1, 0.15) is 6.61 Å². The third-order valence-electron chi connectivity index (χ3n) is 2.16. The minimum Gasteiger partial charge on any atom is -0.474 e. The largest absolute Gasteiger partial charge is 0.474 e. The van der Waals surface area contributed by atoms with Gasteiger partial charge in [-0.2, -0.15) is 0 Å². The average Bonchev–Trinajstić information content (AvgIpc) is 2.62. The van der Waals surface area contributed by atoms with Crippen LogP contribution in [0.25, 0.3) is 0 Å². The summed E-state index contributed by atoms with van der Waals surface area (Å²) in [6.45, 7) is 6.86. The predicted molar refractivity (Wildman–Crippen MR) is 59.1 cm³/mol. The van der Waals surface area contributed by atoms with Gasteiger partial charge in [-0.25, -0.2) is 4.99 Å². The highest BCUT2D eigenvalue weighted by Gasteiger charge is 2.22. The van der Waals surface area contributed by atoms with E-state index in [2.05, 4.69) is 18.8 Å². The van der Waals surface area contributed by atoms with Crippen molar-refractivity contribution < 1.29 is 4.74 Å². The highest BCUT2D eigenvalue weighted by atomic mass is 16.5. The van der Waals surface area contributed by atoms with Crippen molar-refractivity contribution in [2.45, 2.75) is 26.8 Å². The lowest BCUT2D eigenvalue weighted by Crippen LogP contribution is -2.13. The zero-order chi connectivity index (χ0) is 10.6. The number of nitrogens with zero attached hydrogens (tertiary/aromatic N) is 1. The van der Waals surface area contributed by atoms with E-state index in [1.54, 1.807) is 0 Å². The first-order chi connectivity index (χ1) is 6.65. The molecule has 0 aromatic carbocycles. The zero-order valence-electron chi connectivity index (χ0n) is 9.03. The molecular weight excluding hydrogens is 176 g/mol. The van der Waals surface area contributed by atoms with Crippen molar-refractivity contribution in [3.8, 4) is 0 Å². The SMILES string of the molecule is C/C=C\C=C(/N)C1=NC(C(C)C)CO1. The molecular formula is C11H18N2O. The molecule has 1 unspecified atom stereocenters. The second-order valence-corrected chi connectivity index (χ2v) is 3.70. The third-order valence-corrected chi connectivity index (χ3v) is 2.16. The molecule has 0 fully saturated rings. The summed E-state index contributed by atoms with van der Waals surface area (Å²) in [5, 5.41) is 0. The van der Waals surface area contributed by atoms with Crippen LogP contribution in [0.3, 0.4) is 0 Å². The van der Waals surface area contributed by atoms with Crippen LogP contribution in [-0.2, 0) is 4.74 Å². The molecule has 2 N–H and O–H groups in total. The number of hydrogen-bond acceptors (Lipinski definition) is 3. The van der Waals surface area contributed by atoms with E-state index in [4.69, 9.17) is 10.5 Å². The van der Waals surface area contributed by atoms with Gasteiger partial charge in [0, 0.05) is 0 Å². The normalized spacial score (nSPS) is 23.0. The first-order valence-electron chi connectivity index (χ1n) is 4.94. The number of aliphatic imine (C=N–C) groups is 1. The molecule has 1 aliphatic heterocycles. The summed E-state index contributed by atoms with van der Waals surface area (Å²) in [5.74, 6) is 1.09. The van der Waals surface area contributed by atoms with Crippen LogP contribution in [-0.4, -0.2) is 18.5 Å². The maximum Gasteiger partial charge on any atom is 0.232 e. The molecule has 0 radical (unpaired) electrons. The molecule has 0 aliphatic carbocycles. The van der Waals surface area contributed by atoms with Crippen molar-refractivity contribution in [2.24, 2.45) is 16.6 Å². The maximum atomic E-state index is 5.78. The van der Waals surface area contributed by atoms with Crippen LogP contribution in [0.4, 0.5) is 0 Å². The Hall–Kier alpha value is -1.25. The van der Waals surface area contributed by atoms with Gasteiger partial charge in [0.25, 0.3) is 0 Å². The second-order valence-electron chi connectivity index (χ2n) is 3.70. The molecule has 0 spiro atoms. The van der Waals surface area contributed by atoms with Gasteiger partial charge in [0.05, 0.1) is 11.7 Å². The average molecular weight is 194 g/mol. The number of ether oxygens (including phenoxy) is 1. The summed E-state index contributed by atoms with van der Waals surface area (Å²) in [7, 11) is 0. The molecule has 1 heterocycles. The standard InChI is InChI=1S/C11H18N2O/c1-4-5-6-9(12)11-13-10(7-14-11)8(2)3/h4-6,8,10H,7,12H2,1-3H3/b5-4-,9-6-. The summed E-state index contributed by atoms with van der Waals surface area (Å²) in [6.07, 6.45) is 5.60. The molecule has 0 aromatic heterocycles. The number of nitrogens with two attached hydrogens (primary N) is 1. The molecule has 3 heteroatoms. The van der Waals surface area contributed by atoms with Crippen LogP contribution in [0, 0.1) is 5.92 Å². The van der Waals surface area contributed by atoms with Gasteiger partial charge in [0.2, 0.25) is 5.90 Å². The van der Waals surface area contributed by atoms with Crippen LogP contribution in [0.15, 0.2) is 28.9 Å². The Morgan fingerprint density at radius 3 is 2.86 bits per heavy atom. The molecule has 1 atom stereocenters. The molecule has 0 amide bonds. The molecule has 78 valence electrons. The third kappa shape index (κ3) is 2.62. The Morgan fingerprint density at radius 1 is 1.64 bits per heavy atom. The lowest BCUT2D eigenvalue weighted by atomic mass is 10.1. The molecule has 0 aromatic rings. The maximum absolute atomic E-state index is 5.78. The Kier molecular flexibility index (Phi) is 3.74. The first-order valence-corrected chi connectivity index (χ1v) is 4.94. The van der Waals surface area contributed by atoms with Gasteiger partial charge in [-0.1, -0.05) is 26.0 Å². The van der Waals surface area contributed by atoms with Crippen LogP contribution in [0.1, 0.15) is 20.8 Å². The van der Waals surface area contributed by atoms with E-state index in [0.29, 0.717) is 24.1 Å². The van der Waals surface area contributed by atoms with Crippen LogP contribution >= 0.6 is 0 Å². The Bertz CT molecular complexity index is 277. The minimum atomic E-state index is 0.252. The van der Waals surface area contributed by atoms with E-state index in [1.165, 1.54) is 0 Å². The number of hydrogen-bond donors (Lipinski definition) is 1. The van der Waals surface area contributed by atoms with E-state index >= 15 is 0 Å². The van der Waals surface area contributed by atoms with E-state index in [0.717, 1.165) is 0 Å². The predicted octanol–water partition coefficient (Wildman–Crippen LogP) is 1.86. The summed E-state index contributed by atoms with van der Waals surface area (Å²) in [4.78, 5) is 4.41. The monoisotopic (exact) mass is 194 g/mol. The fraction of sp³-hybridized carbons (Fsp3) is 0.545. The topological polar surface area (TPSA) is 47.6 Å². The first kappa shape index (κ1) is 10.8. The van der Waals surface area contributed by atoms with Gasteiger partial charge in [-0.05, 0) is 18.9 Å². The smallest absolute Gasteiger partial charge is 0.232 e. The highest BCUT2D eigenvalue weighted by molar-refractivity contribution is 5.93. The molecule has 0 saturated carbocycles. The Labute approximate surface area is 85.4 Å². The number of allylic oxidation sites excluding steroid dienone is 3. The summed E-state index contributed by atoms with van der Waals surface area (Å²) in [5.41, 5.74) is 6.38. The minimum absolute atomic E-state index is 0.252. The fourth-order valence-corrected chi connectivity index (χ4v) is 1.16. The quantitative estimate of drug-likeness (QED) is 0.697. The number of rotatable bonds is 3. The van der Waals surface area contributed by atoms with E-state index in [-0.39, 0.29) is 6.04 Å².